The average Bonchev–Trinajstić information content (AvgIpc) is 2.42. The summed E-state index contributed by atoms with van der Waals surface area (Å²) in [6.07, 6.45) is -0.210. The zero-order valence-electron chi connectivity index (χ0n) is 7.02. The van der Waals surface area contributed by atoms with Gasteiger partial charge in [0, 0.05) is 18.9 Å². The fourth-order valence-corrected chi connectivity index (χ4v) is 2.23. The van der Waals surface area contributed by atoms with Crippen molar-refractivity contribution in [3.05, 3.63) is 0 Å². The molecule has 13 heavy (non-hydrogen) atoms. The van der Waals surface area contributed by atoms with Gasteiger partial charge >= 0.3 is 5.97 Å². The molecule has 2 N–H and O–H groups in total. The van der Waals surface area contributed by atoms with Crippen LogP contribution in [-0.2, 0) is 4.79 Å². The second-order valence-corrected chi connectivity index (χ2v) is 3.93. The number of aliphatic carboxylic acids is 1. The van der Waals surface area contributed by atoms with Crippen molar-refractivity contribution in [3.63, 3.8) is 0 Å². The van der Waals surface area contributed by atoms with Crippen LogP contribution in [0.1, 0.15) is 19.3 Å². The Bertz CT molecular complexity index is 257. The van der Waals surface area contributed by atoms with E-state index < -0.39 is 23.3 Å². The quantitative estimate of drug-likeness (QED) is 0.646. The van der Waals surface area contributed by atoms with E-state index in [2.05, 4.69) is 5.32 Å². The summed E-state index contributed by atoms with van der Waals surface area (Å²) in [5, 5.41) is 11.6. The molecule has 2 atom stereocenters. The minimum Gasteiger partial charge on any atom is -0.480 e. The molecule has 0 amide bonds. The Labute approximate surface area is 74.1 Å². The van der Waals surface area contributed by atoms with E-state index in [-0.39, 0.29) is 25.8 Å². The van der Waals surface area contributed by atoms with E-state index in [4.69, 9.17) is 5.11 Å². The minimum absolute atomic E-state index is 0.0336. The number of alkyl halides is 2. The molecule has 1 aliphatic carbocycles. The maximum atomic E-state index is 13.1. The maximum Gasteiger partial charge on any atom is 0.323 e. The third kappa shape index (κ3) is 1.14. The van der Waals surface area contributed by atoms with Gasteiger partial charge in [-0.1, -0.05) is 0 Å². The summed E-state index contributed by atoms with van der Waals surface area (Å²) >= 11 is 0. The van der Waals surface area contributed by atoms with Gasteiger partial charge in [0.1, 0.15) is 5.54 Å². The average molecular weight is 191 g/mol. The maximum absolute atomic E-state index is 13.1. The monoisotopic (exact) mass is 191 g/mol. The number of carbonyl (C=O) groups is 1. The molecule has 3 nitrogen and oxygen atoms in total. The molecule has 1 aliphatic heterocycles. The SMILES string of the molecule is O=C(O)[C@]12CCC(F)(F)[C@@H](CN1)C2. The molecule has 0 radical (unpaired) electrons. The predicted molar refractivity (Wildman–Crippen MR) is 40.7 cm³/mol. The van der Waals surface area contributed by atoms with Gasteiger partial charge in [0.2, 0.25) is 0 Å². The van der Waals surface area contributed by atoms with Gasteiger partial charge in [-0.25, -0.2) is 8.78 Å². The van der Waals surface area contributed by atoms with Crippen LogP contribution in [0.5, 0.6) is 0 Å². The van der Waals surface area contributed by atoms with Gasteiger partial charge in [0.05, 0.1) is 0 Å². The van der Waals surface area contributed by atoms with Crippen LogP contribution in [0.3, 0.4) is 0 Å². The summed E-state index contributed by atoms with van der Waals surface area (Å²) in [4.78, 5) is 10.8. The molecule has 0 aromatic carbocycles. The Morgan fingerprint density at radius 1 is 1.46 bits per heavy atom. The second kappa shape index (κ2) is 2.41. The Morgan fingerprint density at radius 3 is 2.77 bits per heavy atom. The van der Waals surface area contributed by atoms with Crippen LogP contribution in [0.4, 0.5) is 8.78 Å². The van der Waals surface area contributed by atoms with E-state index in [1.807, 2.05) is 0 Å². The number of carboxylic acids is 1. The number of fused-ring (bicyclic) bond motifs is 2. The largest absolute Gasteiger partial charge is 0.480 e. The number of halogens is 2. The highest BCUT2D eigenvalue weighted by atomic mass is 19.3. The summed E-state index contributed by atoms with van der Waals surface area (Å²) in [6.45, 7) is 0.124. The van der Waals surface area contributed by atoms with Crippen LogP contribution < -0.4 is 5.32 Å². The van der Waals surface area contributed by atoms with Crippen molar-refractivity contribution in [2.75, 3.05) is 6.54 Å². The highest BCUT2D eigenvalue weighted by Gasteiger charge is 2.58. The van der Waals surface area contributed by atoms with Crippen LogP contribution in [0.25, 0.3) is 0 Å². The van der Waals surface area contributed by atoms with E-state index in [1.54, 1.807) is 0 Å². The lowest BCUT2D eigenvalue weighted by molar-refractivity contribution is -0.149. The van der Waals surface area contributed by atoms with E-state index >= 15 is 0 Å². The molecule has 2 fully saturated rings. The molecule has 0 aromatic heterocycles. The topological polar surface area (TPSA) is 49.3 Å². The molecule has 2 rings (SSSR count). The highest BCUT2D eigenvalue weighted by molar-refractivity contribution is 5.79. The first kappa shape index (κ1) is 8.87. The van der Waals surface area contributed by atoms with Gasteiger partial charge in [0.25, 0.3) is 5.92 Å². The van der Waals surface area contributed by atoms with Gasteiger partial charge in [-0.2, -0.15) is 0 Å². The molecular formula is C8H11F2NO2. The Morgan fingerprint density at radius 2 is 2.15 bits per heavy atom. The fourth-order valence-electron chi connectivity index (χ4n) is 2.23. The zero-order valence-corrected chi connectivity index (χ0v) is 7.02. The van der Waals surface area contributed by atoms with Crippen molar-refractivity contribution in [3.8, 4) is 0 Å². The molecule has 0 spiro atoms. The molecule has 1 heterocycles. The lowest BCUT2D eigenvalue weighted by Crippen LogP contribution is -2.49. The summed E-state index contributed by atoms with van der Waals surface area (Å²) in [5.74, 6) is -4.47. The van der Waals surface area contributed by atoms with Crippen molar-refractivity contribution < 1.29 is 18.7 Å². The van der Waals surface area contributed by atoms with Crippen LogP contribution in [0.15, 0.2) is 0 Å². The molecule has 0 unspecified atom stereocenters. The van der Waals surface area contributed by atoms with Crippen LogP contribution in [0, 0.1) is 5.92 Å². The normalized spacial score (nSPS) is 41.8. The molecule has 2 aliphatic rings. The standard InChI is InChI=1S/C8H11F2NO2/c9-8(10)2-1-7(6(12)13)3-5(8)4-11-7/h5,11H,1-4H2,(H,12,13)/t5-,7-/m1/s1. The Hall–Kier alpha value is -0.710. The first-order valence-electron chi connectivity index (χ1n) is 4.33. The summed E-state index contributed by atoms with van der Waals surface area (Å²) in [5.41, 5.74) is -1.06. The molecular weight excluding hydrogens is 180 g/mol. The number of hydrogen-bond acceptors (Lipinski definition) is 2. The van der Waals surface area contributed by atoms with Crippen LogP contribution in [-0.4, -0.2) is 29.1 Å². The molecule has 74 valence electrons. The van der Waals surface area contributed by atoms with Crippen LogP contribution in [0.2, 0.25) is 0 Å². The number of rotatable bonds is 1. The minimum atomic E-state index is -2.68. The van der Waals surface area contributed by atoms with Crippen molar-refractivity contribution in [1.29, 1.82) is 0 Å². The molecule has 2 bridgehead atoms. The number of nitrogens with one attached hydrogen (secondary N) is 1. The van der Waals surface area contributed by atoms with Crippen molar-refractivity contribution in [2.24, 2.45) is 5.92 Å². The van der Waals surface area contributed by atoms with E-state index in [1.165, 1.54) is 0 Å². The van der Waals surface area contributed by atoms with Gasteiger partial charge < -0.3 is 10.4 Å². The fraction of sp³-hybridized carbons (Fsp3) is 0.875. The zero-order chi connectivity index (χ0) is 9.69. The lowest BCUT2D eigenvalue weighted by Gasteiger charge is -2.33. The second-order valence-electron chi connectivity index (χ2n) is 3.93. The Kier molecular flexibility index (Phi) is 1.64. The number of hydrogen-bond donors (Lipinski definition) is 2. The summed E-state index contributed by atoms with van der Waals surface area (Å²) in [7, 11) is 0. The summed E-state index contributed by atoms with van der Waals surface area (Å²) in [6, 6.07) is 0. The highest BCUT2D eigenvalue weighted by Crippen LogP contribution is 2.46. The molecule has 5 heteroatoms. The van der Waals surface area contributed by atoms with Gasteiger partial charge in [-0.3, -0.25) is 4.79 Å². The Balaban J connectivity index is 2.22. The third-order valence-electron chi connectivity index (χ3n) is 3.17. The molecule has 0 aromatic rings. The lowest BCUT2D eigenvalue weighted by atomic mass is 9.78. The van der Waals surface area contributed by atoms with Gasteiger partial charge in [-0.15, -0.1) is 0 Å². The molecule has 1 saturated heterocycles. The van der Waals surface area contributed by atoms with Crippen molar-refractivity contribution in [1.82, 2.24) is 5.32 Å². The van der Waals surface area contributed by atoms with E-state index in [0.29, 0.717) is 0 Å². The summed E-state index contributed by atoms with van der Waals surface area (Å²) < 4.78 is 26.2. The first-order chi connectivity index (χ1) is 5.96. The van der Waals surface area contributed by atoms with Crippen molar-refractivity contribution in [2.45, 2.75) is 30.7 Å². The van der Waals surface area contributed by atoms with Crippen molar-refractivity contribution >= 4 is 5.97 Å². The van der Waals surface area contributed by atoms with E-state index in [0.717, 1.165) is 0 Å². The number of carboxylic acid groups (broad SMARTS) is 1. The van der Waals surface area contributed by atoms with E-state index in [9.17, 15) is 13.6 Å². The van der Waals surface area contributed by atoms with Gasteiger partial charge in [-0.05, 0) is 12.8 Å². The van der Waals surface area contributed by atoms with Crippen LogP contribution >= 0.6 is 0 Å². The smallest absolute Gasteiger partial charge is 0.323 e. The third-order valence-corrected chi connectivity index (χ3v) is 3.17. The first-order valence-corrected chi connectivity index (χ1v) is 4.33. The molecule has 1 saturated carbocycles. The van der Waals surface area contributed by atoms with Gasteiger partial charge in [0.15, 0.2) is 0 Å². The predicted octanol–water partition coefficient (Wildman–Crippen LogP) is 0.848.